The summed E-state index contributed by atoms with van der Waals surface area (Å²) in [6.07, 6.45) is -0.949. The van der Waals surface area contributed by atoms with Crippen LogP contribution in [0.5, 0.6) is 5.75 Å². The molecule has 6 nitrogen and oxygen atoms in total. The van der Waals surface area contributed by atoms with E-state index < -0.39 is 17.6 Å². The van der Waals surface area contributed by atoms with Crippen LogP contribution < -0.4 is 10.1 Å². The summed E-state index contributed by atoms with van der Waals surface area (Å²) in [5.41, 5.74) is 4.03. The van der Waals surface area contributed by atoms with Gasteiger partial charge in [-0.1, -0.05) is 60.7 Å². The van der Waals surface area contributed by atoms with Gasteiger partial charge in [0.2, 0.25) is 0 Å². The fourth-order valence-electron chi connectivity index (χ4n) is 4.34. The number of carboxylic acid groups (broad SMARTS) is 1. The van der Waals surface area contributed by atoms with Crippen molar-refractivity contribution in [1.82, 2.24) is 5.32 Å². The van der Waals surface area contributed by atoms with Crippen LogP contribution in [0.25, 0.3) is 11.1 Å². The molecule has 0 aliphatic heterocycles. The van der Waals surface area contributed by atoms with Crippen LogP contribution in [0.1, 0.15) is 36.0 Å². The number of carboxylic acids is 1. The molecule has 1 unspecified atom stereocenters. The Morgan fingerprint density at radius 1 is 0.938 bits per heavy atom. The number of hydrogen-bond donors (Lipinski definition) is 2. The quantitative estimate of drug-likeness (QED) is 0.554. The van der Waals surface area contributed by atoms with Crippen LogP contribution in [0.3, 0.4) is 0 Å². The average molecular weight is 431 g/mol. The van der Waals surface area contributed by atoms with Crippen LogP contribution in [0.2, 0.25) is 0 Å². The molecule has 32 heavy (non-hydrogen) atoms. The fourth-order valence-corrected chi connectivity index (χ4v) is 4.34. The first-order valence-electron chi connectivity index (χ1n) is 10.4. The van der Waals surface area contributed by atoms with Gasteiger partial charge in [-0.3, -0.25) is 4.79 Å². The lowest BCUT2D eigenvalue weighted by molar-refractivity contribution is -0.138. The van der Waals surface area contributed by atoms with Gasteiger partial charge in [0.1, 0.15) is 12.4 Å². The molecule has 0 saturated heterocycles. The van der Waals surface area contributed by atoms with E-state index in [1.807, 2.05) is 36.4 Å². The highest BCUT2D eigenvalue weighted by atomic mass is 16.5. The van der Waals surface area contributed by atoms with E-state index in [4.69, 9.17) is 9.47 Å². The standard InChI is InChI=1S/C26H25NO5/c1-26(15-24(28)29,17-11-13-18(31-2)14-12-17)27-25(30)32-16-23-21-9-5-3-7-19(21)20-8-4-6-10-22(20)23/h3-14,23H,15-16H2,1-2H3,(H,27,30)(H,28,29). The number of alkyl carbamates (subject to hydrolysis) is 1. The SMILES string of the molecule is COc1ccc(C(C)(CC(=O)O)NC(=O)OCC2c3ccccc3-c3ccccc32)cc1. The first-order valence-corrected chi connectivity index (χ1v) is 10.4. The molecule has 0 aromatic heterocycles. The zero-order valence-corrected chi connectivity index (χ0v) is 18.0. The van der Waals surface area contributed by atoms with Crippen molar-refractivity contribution in [2.24, 2.45) is 0 Å². The number of carbonyl (C=O) groups excluding carboxylic acids is 1. The van der Waals surface area contributed by atoms with Gasteiger partial charge in [-0.05, 0) is 46.9 Å². The lowest BCUT2D eigenvalue weighted by Gasteiger charge is -2.30. The van der Waals surface area contributed by atoms with Crippen molar-refractivity contribution in [3.63, 3.8) is 0 Å². The summed E-state index contributed by atoms with van der Waals surface area (Å²) in [6, 6.07) is 23.1. The van der Waals surface area contributed by atoms with Gasteiger partial charge in [-0.25, -0.2) is 4.79 Å². The predicted molar refractivity (Wildman–Crippen MR) is 121 cm³/mol. The second-order valence-electron chi connectivity index (χ2n) is 8.08. The summed E-state index contributed by atoms with van der Waals surface area (Å²) < 4.78 is 10.8. The normalized spacial score (nSPS) is 14.1. The average Bonchev–Trinajstić information content (AvgIpc) is 3.11. The second-order valence-corrected chi connectivity index (χ2v) is 8.08. The maximum absolute atomic E-state index is 12.8. The van der Waals surface area contributed by atoms with E-state index in [0.717, 1.165) is 22.3 Å². The minimum atomic E-state index is -1.14. The molecule has 0 fully saturated rings. The van der Waals surface area contributed by atoms with Gasteiger partial charge >= 0.3 is 12.1 Å². The third-order valence-electron chi connectivity index (χ3n) is 5.95. The van der Waals surface area contributed by atoms with Gasteiger partial charge < -0.3 is 19.9 Å². The Morgan fingerprint density at radius 3 is 2.03 bits per heavy atom. The summed E-state index contributed by atoms with van der Waals surface area (Å²) in [6.45, 7) is 1.83. The highest BCUT2D eigenvalue weighted by molar-refractivity contribution is 5.79. The maximum atomic E-state index is 12.8. The van der Waals surface area contributed by atoms with E-state index in [-0.39, 0.29) is 18.9 Å². The Kier molecular flexibility index (Phi) is 5.86. The Bertz CT molecular complexity index is 1100. The molecule has 1 amide bonds. The molecule has 0 spiro atoms. The van der Waals surface area contributed by atoms with E-state index in [0.29, 0.717) is 11.3 Å². The van der Waals surface area contributed by atoms with Crippen molar-refractivity contribution in [3.8, 4) is 16.9 Å². The summed E-state index contributed by atoms with van der Waals surface area (Å²) in [4.78, 5) is 24.3. The minimum absolute atomic E-state index is 0.0696. The molecule has 4 rings (SSSR count). The third kappa shape index (κ3) is 4.17. The van der Waals surface area contributed by atoms with Crippen LogP contribution in [-0.4, -0.2) is 30.9 Å². The van der Waals surface area contributed by atoms with Gasteiger partial charge in [0.15, 0.2) is 0 Å². The lowest BCUT2D eigenvalue weighted by atomic mass is 9.88. The third-order valence-corrected chi connectivity index (χ3v) is 5.95. The predicted octanol–water partition coefficient (Wildman–Crippen LogP) is 4.92. The fraction of sp³-hybridized carbons (Fsp3) is 0.231. The Balaban J connectivity index is 1.51. The zero-order chi connectivity index (χ0) is 22.7. The van der Waals surface area contributed by atoms with Gasteiger partial charge in [0.05, 0.1) is 19.1 Å². The molecule has 3 aromatic carbocycles. The minimum Gasteiger partial charge on any atom is -0.497 e. The van der Waals surface area contributed by atoms with Crippen LogP contribution >= 0.6 is 0 Å². The maximum Gasteiger partial charge on any atom is 0.407 e. The number of nitrogens with one attached hydrogen (secondary N) is 1. The van der Waals surface area contributed by atoms with Crippen molar-refractivity contribution >= 4 is 12.1 Å². The number of benzene rings is 3. The second kappa shape index (κ2) is 8.75. The largest absolute Gasteiger partial charge is 0.497 e. The highest BCUT2D eigenvalue weighted by Gasteiger charge is 2.34. The number of carbonyl (C=O) groups is 2. The van der Waals surface area contributed by atoms with Crippen LogP contribution in [-0.2, 0) is 15.1 Å². The Morgan fingerprint density at radius 2 is 1.50 bits per heavy atom. The number of hydrogen-bond acceptors (Lipinski definition) is 4. The van der Waals surface area contributed by atoms with Crippen LogP contribution in [0.15, 0.2) is 72.8 Å². The van der Waals surface area contributed by atoms with Crippen LogP contribution in [0.4, 0.5) is 4.79 Å². The number of fused-ring (bicyclic) bond motifs is 3. The van der Waals surface area contributed by atoms with Crippen molar-refractivity contribution in [1.29, 1.82) is 0 Å². The summed E-state index contributed by atoms with van der Waals surface area (Å²) >= 11 is 0. The first-order chi connectivity index (χ1) is 15.4. The molecule has 1 aliphatic carbocycles. The van der Waals surface area contributed by atoms with E-state index in [1.165, 1.54) is 0 Å². The van der Waals surface area contributed by atoms with Gasteiger partial charge in [0, 0.05) is 5.92 Å². The first kappa shape index (κ1) is 21.4. The number of aliphatic carboxylic acids is 1. The molecule has 0 saturated carbocycles. The van der Waals surface area contributed by atoms with Gasteiger partial charge in [-0.2, -0.15) is 0 Å². The molecule has 6 heteroatoms. The van der Waals surface area contributed by atoms with Crippen molar-refractivity contribution in [2.45, 2.75) is 24.8 Å². The molecule has 1 atom stereocenters. The number of amides is 1. The number of ether oxygens (including phenoxy) is 2. The molecule has 1 aliphatic rings. The van der Waals surface area contributed by atoms with Crippen LogP contribution in [0, 0.1) is 0 Å². The zero-order valence-electron chi connectivity index (χ0n) is 18.0. The summed E-state index contributed by atoms with van der Waals surface area (Å²) in [7, 11) is 1.56. The van der Waals surface area contributed by atoms with E-state index in [9.17, 15) is 14.7 Å². The van der Waals surface area contributed by atoms with E-state index >= 15 is 0 Å². The summed E-state index contributed by atoms with van der Waals surface area (Å²) in [5.74, 6) is -0.449. The molecular formula is C26H25NO5. The van der Waals surface area contributed by atoms with Crippen molar-refractivity contribution in [3.05, 3.63) is 89.5 Å². The topological polar surface area (TPSA) is 84.9 Å². The molecule has 164 valence electrons. The molecular weight excluding hydrogens is 406 g/mol. The number of rotatable bonds is 7. The molecule has 0 radical (unpaired) electrons. The van der Waals surface area contributed by atoms with Gasteiger partial charge in [-0.15, -0.1) is 0 Å². The summed E-state index contributed by atoms with van der Waals surface area (Å²) in [5, 5.41) is 12.2. The highest BCUT2D eigenvalue weighted by Crippen LogP contribution is 2.44. The monoisotopic (exact) mass is 431 g/mol. The van der Waals surface area contributed by atoms with E-state index in [2.05, 4.69) is 17.4 Å². The van der Waals surface area contributed by atoms with Gasteiger partial charge in [0.25, 0.3) is 0 Å². The Hall–Kier alpha value is -3.80. The Labute approximate surface area is 186 Å². The molecule has 0 bridgehead atoms. The molecule has 2 N–H and O–H groups in total. The smallest absolute Gasteiger partial charge is 0.407 e. The van der Waals surface area contributed by atoms with Crippen molar-refractivity contribution in [2.75, 3.05) is 13.7 Å². The molecule has 3 aromatic rings. The van der Waals surface area contributed by atoms with Crippen molar-refractivity contribution < 1.29 is 24.2 Å². The molecule has 0 heterocycles. The number of methoxy groups -OCH3 is 1. The lowest BCUT2D eigenvalue weighted by Crippen LogP contribution is -2.45. The van der Waals surface area contributed by atoms with E-state index in [1.54, 1.807) is 38.3 Å².